The minimum Gasteiger partial charge on any atom is -0.493 e. The van der Waals surface area contributed by atoms with Crippen LogP contribution in [0, 0.1) is 5.92 Å². The third-order valence-electron chi connectivity index (χ3n) is 2.35. The summed E-state index contributed by atoms with van der Waals surface area (Å²) >= 11 is 0. The van der Waals surface area contributed by atoms with Crippen LogP contribution in [0.2, 0.25) is 0 Å². The zero-order chi connectivity index (χ0) is 15.2. The summed E-state index contributed by atoms with van der Waals surface area (Å²) in [4.78, 5) is 11.0. The first-order valence-electron chi connectivity index (χ1n) is 6.14. The summed E-state index contributed by atoms with van der Waals surface area (Å²) in [5, 5.41) is 0. The average Bonchev–Trinajstić information content (AvgIpc) is 2.43. The Balaban J connectivity index is 2.69. The van der Waals surface area contributed by atoms with Crippen LogP contribution in [-0.2, 0) is 19.6 Å². The fourth-order valence-corrected chi connectivity index (χ4v) is 2.26. The molecule has 0 aliphatic heterocycles. The van der Waals surface area contributed by atoms with Crippen LogP contribution in [0.4, 0.5) is 0 Å². The van der Waals surface area contributed by atoms with Crippen molar-refractivity contribution in [1.82, 2.24) is 4.72 Å². The fraction of sp³-hybridized carbons (Fsp3) is 0.462. The summed E-state index contributed by atoms with van der Waals surface area (Å²) in [5.41, 5.74) is 0. The number of hydrogen-bond donors (Lipinski definition) is 1. The molecule has 0 bridgehead atoms. The molecule has 0 unspecified atom stereocenters. The van der Waals surface area contributed by atoms with Gasteiger partial charge in [0.25, 0.3) is 0 Å². The van der Waals surface area contributed by atoms with Gasteiger partial charge in [-0.3, -0.25) is 4.79 Å². The zero-order valence-corrected chi connectivity index (χ0v) is 12.6. The minimum atomic E-state index is -3.72. The summed E-state index contributed by atoms with van der Waals surface area (Å²) in [7, 11) is -2.53. The number of sulfonamides is 1. The Bertz CT molecular complexity index is 536. The van der Waals surface area contributed by atoms with Gasteiger partial charge < -0.3 is 9.47 Å². The van der Waals surface area contributed by atoms with Crippen LogP contribution < -0.4 is 9.46 Å². The van der Waals surface area contributed by atoms with Gasteiger partial charge in [0.05, 0.1) is 18.6 Å². The number of carbonyl (C=O) groups is 1. The molecule has 0 fully saturated rings. The van der Waals surface area contributed by atoms with Crippen LogP contribution in [0.25, 0.3) is 0 Å². The number of ether oxygens (including phenoxy) is 2. The van der Waals surface area contributed by atoms with E-state index < -0.39 is 22.5 Å². The molecular formula is C13H19NO5S. The number of hydrogen-bond acceptors (Lipinski definition) is 5. The summed E-state index contributed by atoms with van der Waals surface area (Å²) < 4.78 is 35.7. The number of carbonyl (C=O) groups excluding carboxylic acids is 1. The first-order valence-corrected chi connectivity index (χ1v) is 7.63. The standard InChI is InChI=1S/C13H19NO5S/c1-10(2)9-19-11-4-6-12(7-5-11)20(16,17)14-8-13(15)18-3/h4-7,10,14H,8-9H2,1-3H3. The van der Waals surface area contributed by atoms with Crippen molar-refractivity contribution in [3.8, 4) is 5.75 Å². The smallest absolute Gasteiger partial charge is 0.320 e. The Morgan fingerprint density at radius 1 is 1.25 bits per heavy atom. The lowest BCUT2D eigenvalue weighted by molar-refractivity contribution is -0.139. The predicted octanol–water partition coefficient (Wildman–Crippen LogP) is 1.17. The van der Waals surface area contributed by atoms with Gasteiger partial charge in [0, 0.05) is 0 Å². The van der Waals surface area contributed by atoms with E-state index in [1.165, 1.54) is 19.2 Å². The summed E-state index contributed by atoms with van der Waals surface area (Å²) in [6, 6.07) is 6.01. The molecule has 0 aromatic heterocycles. The third-order valence-corrected chi connectivity index (χ3v) is 3.77. The molecule has 1 rings (SSSR count). The highest BCUT2D eigenvalue weighted by molar-refractivity contribution is 7.89. The lowest BCUT2D eigenvalue weighted by atomic mass is 10.2. The van der Waals surface area contributed by atoms with Gasteiger partial charge in [0.1, 0.15) is 12.3 Å². The van der Waals surface area contributed by atoms with Gasteiger partial charge in [-0.25, -0.2) is 8.42 Å². The lowest BCUT2D eigenvalue weighted by Crippen LogP contribution is -2.30. The predicted molar refractivity (Wildman–Crippen MR) is 74.0 cm³/mol. The quantitative estimate of drug-likeness (QED) is 0.765. The molecule has 6 nitrogen and oxygen atoms in total. The lowest BCUT2D eigenvalue weighted by Gasteiger charge is -2.10. The second-order valence-corrected chi connectivity index (χ2v) is 6.34. The van der Waals surface area contributed by atoms with Crippen molar-refractivity contribution in [2.45, 2.75) is 18.7 Å². The number of rotatable bonds is 7. The molecule has 0 heterocycles. The Morgan fingerprint density at radius 3 is 2.35 bits per heavy atom. The molecule has 1 aromatic rings. The number of esters is 1. The Labute approximate surface area is 119 Å². The number of benzene rings is 1. The van der Waals surface area contributed by atoms with Crippen LogP contribution >= 0.6 is 0 Å². The highest BCUT2D eigenvalue weighted by Crippen LogP contribution is 2.16. The van der Waals surface area contributed by atoms with Gasteiger partial charge in [0.15, 0.2) is 0 Å². The molecule has 0 saturated heterocycles. The molecular weight excluding hydrogens is 282 g/mol. The highest BCUT2D eigenvalue weighted by atomic mass is 32.2. The van der Waals surface area contributed by atoms with Crippen molar-refractivity contribution in [1.29, 1.82) is 0 Å². The van der Waals surface area contributed by atoms with E-state index >= 15 is 0 Å². The van der Waals surface area contributed by atoms with E-state index in [1.807, 2.05) is 13.8 Å². The molecule has 20 heavy (non-hydrogen) atoms. The van der Waals surface area contributed by atoms with E-state index in [0.717, 1.165) is 0 Å². The van der Waals surface area contributed by atoms with Crippen LogP contribution in [0.15, 0.2) is 29.2 Å². The van der Waals surface area contributed by atoms with Crippen LogP contribution in [0.5, 0.6) is 5.75 Å². The average molecular weight is 301 g/mol. The second kappa shape index (κ2) is 7.25. The summed E-state index contributed by atoms with van der Waals surface area (Å²) in [6.07, 6.45) is 0. The van der Waals surface area contributed by atoms with Gasteiger partial charge in [-0.2, -0.15) is 4.72 Å². The molecule has 0 saturated carbocycles. The molecule has 1 N–H and O–H groups in total. The SMILES string of the molecule is COC(=O)CNS(=O)(=O)c1ccc(OCC(C)C)cc1. The molecule has 0 aliphatic rings. The molecule has 0 amide bonds. The maximum atomic E-state index is 11.9. The molecule has 0 atom stereocenters. The summed E-state index contributed by atoms with van der Waals surface area (Å²) in [5.74, 6) is 0.344. The topological polar surface area (TPSA) is 81.7 Å². The number of nitrogens with one attached hydrogen (secondary N) is 1. The summed E-state index contributed by atoms with van der Waals surface area (Å²) in [6.45, 7) is 4.21. The molecule has 0 spiro atoms. The van der Waals surface area contributed by atoms with Gasteiger partial charge >= 0.3 is 5.97 Å². The van der Waals surface area contributed by atoms with Crippen molar-refractivity contribution in [3.63, 3.8) is 0 Å². The van der Waals surface area contributed by atoms with Crippen molar-refractivity contribution < 1.29 is 22.7 Å². The van der Waals surface area contributed by atoms with E-state index in [-0.39, 0.29) is 4.90 Å². The molecule has 112 valence electrons. The van der Waals surface area contributed by atoms with Crippen molar-refractivity contribution in [2.24, 2.45) is 5.92 Å². The van der Waals surface area contributed by atoms with E-state index in [0.29, 0.717) is 18.3 Å². The monoisotopic (exact) mass is 301 g/mol. The largest absolute Gasteiger partial charge is 0.493 e. The van der Waals surface area contributed by atoms with Gasteiger partial charge in [-0.1, -0.05) is 13.8 Å². The maximum absolute atomic E-state index is 11.9. The molecule has 7 heteroatoms. The molecule has 0 radical (unpaired) electrons. The minimum absolute atomic E-state index is 0.0679. The first-order chi connectivity index (χ1) is 9.35. The highest BCUT2D eigenvalue weighted by Gasteiger charge is 2.15. The Morgan fingerprint density at radius 2 is 1.85 bits per heavy atom. The first kappa shape index (κ1) is 16.5. The van der Waals surface area contributed by atoms with Crippen LogP contribution in [-0.4, -0.2) is 34.6 Å². The molecule has 0 aliphatic carbocycles. The van der Waals surface area contributed by atoms with Crippen LogP contribution in [0.1, 0.15) is 13.8 Å². The number of methoxy groups -OCH3 is 1. The van der Waals surface area contributed by atoms with Crippen molar-refractivity contribution in [2.75, 3.05) is 20.3 Å². The van der Waals surface area contributed by atoms with E-state index in [4.69, 9.17) is 4.74 Å². The Kier molecular flexibility index (Phi) is 5.97. The van der Waals surface area contributed by atoms with E-state index in [9.17, 15) is 13.2 Å². The van der Waals surface area contributed by atoms with Crippen molar-refractivity contribution >= 4 is 16.0 Å². The Hall–Kier alpha value is -1.60. The van der Waals surface area contributed by atoms with Gasteiger partial charge in [0.2, 0.25) is 10.0 Å². The third kappa shape index (κ3) is 5.18. The zero-order valence-electron chi connectivity index (χ0n) is 11.8. The van der Waals surface area contributed by atoms with Gasteiger partial charge in [-0.15, -0.1) is 0 Å². The second-order valence-electron chi connectivity index (χ2n) is 4.58. The maximum Gasteiger partial charge on any atom is 0.320 e. The molecule has 1 aromatic carbocycles. The van der Waals surface area contributed by atoms with E-state index in [2.05, 4.69) is 9.46 Å². The fourth-order valence-electron chi connectivity index (χ4n) is 1.29. The van der Waals surface area contributed by atoms with Crippen LogP contribution in [0.3, 0.4) is 0 Å². The van der Waals surface area contributed by atoms with Crippen molar-refractivity contribution in [3.05, 3.63) is 24.3 Å². The van der Waals surface area contributed by atoms with E-state index in [1.54, 1.807) is 12.1 Å². The van der Waals surface area contributed by atoms with Gasteiger partial charge in [-0.05, 0) is 30.2 Å². The normalized spacial score (nSPS) is 11.4.